The molecule has 0 unspecified atom stereocenters. The maximum absolute atomic E-state index is 12.4. The molecule has 1 saturated heterocycles. The maximum Gasteiger partial charge on any atom is 0.253 e. The third-order valence-electron chi connectivity index (χ3n) is 4.18. The molecule has 2 aromatic heterocycles. The molecule has 3 heterocycles. The summed E-state index contributed by atoms with van der Waals surface area (Å²) < 4.78 is 5.35. The van der Waals surface area contributed by atoms with E-state index in [4.69, 9.17) is 4.52 Å². The van der Waals surface area contributed by atoms with Crippen molar-refractivity contribution >= 4 is 5.91 Å². The van der Waals surface area contributed by atoms with Crippen LogP contribution in [0.15, 0.2) is 53.3 Å². The molecule has 4 rings (SSSR count). The van der Waals surface area contributed by atoms with Crippen LogP contribution in [0.3, 0.4) is 0 Å². The Bertz CT molecular complexity index is 852. The fourth-order valence-corrected chi connectivity index (χ4v) is 2.69. The number of hydrogen-bond acceptors (Lipinski definition) is 5. The van der Waals surface area contributed by atoms with Crippen LogP contribution in [0.2, 0.25) is 0 Å². The molecule has 0 N–H and O–H groups in total. The minimum atomic E-state index is 0.0400. The number of carbonyl (C=O) groups is 1. The number of pyridine rings is 1. The number of benzene rings is 1. The lowest BCUT2D eigenvalue weighted by Crippen LogP contribution is -2.48. The average Bonchev–Trinajstić information content (AvgIpc) is 3.04. The predicted molar refractivity (Wildman–Crippen MR) is 87.4 cm³/mol. The molecule has 24 heavy (non-hydrogen) atoms. The van der Waals surface area contributed by atoms with E-state index in [9.17, 15) is 4.79 Å². The smallest absolute Gasteiger partial charge is 0.253 e. The molecule has 3 aromatic rings. The Morgan fingerprint density at radius 1 is 1.21 bits per heavy atom. The Kier molecular flexibility index (Phi) is 3.57. The summed E-state index contributed by atoms with van der Waals surface area (Å²) >= 11 is 0. The summed E-state index contributed by atoms with van der Waals surface area (Å²) in [6, 6.07) is 11.3. The Morgan fingerprint density at radius 2 is 2.00 bits per heavy atom. The third-order valence-corrected chi connectivity index (χ3v) is 4.18. The van der Waals surface area contributed by atoms with E-state index in [0.717, 1.165) is 11.1 Å². The van der Waals surface area contributed by atoms with Gasteiger partial charge in [0.05, 0.1) is 5.92 Å². The van der Waals surface area contributed by atoms with Gasteiger partial charge in [-0.05, 0) is 31.2 Å². The van der Waals surface area contributed by atoms with Gasteiger partial charge in [-0.1, -0.05) is 22.9 Å². The van der Waals surface area contributed by atoms with Gasteiger partial charge in [-0.3, -0.25) is 9.78 Å². The van der Waals surface area contributed by atoms with Crippen LogP contribution in [0.25, 0.3) is 11.4 Å². The van der Waals surface area contributed by atoms with Crippen molar-refractivity contribution in [3.05, 3.63) is 65.8 Å². The molecule has 0 atom stereocenters. The molecule has 6 nitrogen and oxygen atoms in total. The molecule has 0 saturated carbocycles. The summed E-state index contributed by atoms with van der Waals surface area (Å²) in [5.74, 6) is 1.23. The highest BCUT2D eigenvalue weighted by atomic mass is 16.5. The highest BCUT2D eigenvalue weighted by molar-refractivity contribution is 5.94. The summed E-state index contributed by atoms with van der Waals surface area (Å²) in [5, 5.41) is 4.00. The molecule has 0 spiro atoms. The number of nitrogens with zero attached hydrogens (tertiary/aromatic N) is 4. The molecule has 0 aliphatic carbocycles. The van der Waals surface area contributed by atoms with Gasteiger partial charge in [0.1, 0.15) is 0 Å². The Labute approximate surface area is 139 Å². The van der Waals surface area contributed by atoms with Crippen molar-refractivity contribution in [2.75, 3.05) is 13.1 Å². The van der Waals surface area contributed by atoms with Gasteiger partial charge in [-0.25, -0.2) is 0 Å². The van der Waals surface area contributed by atoms with Crippen LogP contribution >= 0.6 is 0 Å². The first-order chi connectivity index (χ1) is 11.7. The van der Waals surface area contributed by atoms with Crippen molar-refractivity contribution in [3.8, 4) is 11.4 Å². The van der Waals surface area contributed by atoms with Crippen molar-refractivity contribution < 1.29 is 9.32 Å². The van der Waals surface area contributed by atoms with Crippen molar-refractivity contribution in [2.45, 2.75) is 12.8 Å². The Hall–Kier alpha value is -3.02. The monoisotopic (exact) mass is 320 g/mol. The molecule has 1 fully saturated rings. The minimum absolute atomic E-state index is 0.0400. The zero-order chi connectivity index (χ0) is 16.5. The molecular weight excluding hydrogens is 304 g/mol. The number of carbonyl (C=O) groups excluding carboxylic acids is 1. The second kappa shape index (κ2) is 5.88. The highest BCUT2D eigenvalue weighted by Gasteiger charge is 2.36. The number of hydrogen-bond donors (Lipinski definition) is 0. The average molecular weight is 320 g/mol. The van der Waals surface area contributed by atoms with Crippen molar-refractivity contribution in [3.63, 3.8) is 0 Å². The van der Waals surface area contributed by atoms with Crippen LogP contribution in [-0.2, 0) is 0 Å². The van der Waals surface area contributed by atoms with E-state index in [2.05, 4.69) is 15.1 Å². The number of amides is 1. The first-order valence-corrected chi connectivity index (χ1v) is 7.80. The van der Waals surface area contributed by atoms with E-state index >= 15 is 0 Å². The fourth-order valence-electron chi connectivity index (χ4n) is 2.69. The summed E-state index contributed by atoms with van der Waals surface area (Å²) in [6.45, 7) is 3.20. The predicted octanol–water partition coefficient (Wildman–Crippen LogP) is 2.68. The van der Waals surface area contributed by atoms with Gasteiger partial charge in [0.25, 0.3) is 5.91 Å². The Morgan fingerprint density at radius 3 is 2.71 bits per heavy atom. The van der Waals surface area contributed by atoms with Gasteiger partial charge in [0.2, 0.25) is 11.7 Å². The van der Waals surface area contributed by atoms with Gasteiger partial charge in [-0.15, -0.1) is 0 Å². The van der Waals surface area contributed by atoms with Crippen LogP contribution in [0.4, 0.5) is 0 Å². The van der Waals surface area contributed by atoms with E-state index in [0.29, 0.717) is 30.4 Å². The number of likely N-dealkylation sites (tertiary alicyclic amines) is 1. The number of aryl methyl sites for hydroxylation is 1. The first-order valence-electron chi connectivity index (χ1n) is 7.80. The molecule has 1 aromatic carbocycles. The van der Waals surface area contributed by atoms with E-state index < -0.39 is 0 Å². The van der Waals surface area contributed by atoms with Gasteiger partial charge in [0.15, 0.2) is 0 Å². The number of aromatic nitrogens is 3. The van der Waals surface area contributed by atoms with Crippen LogP contribution in [-0.4, -0.2) is 39.0 Å². The normalized spacial score (nSPS) is 14.5. The van der Waals surface area contributed by atoms with Gasteiger partial charge >= 0.3 is 0 Å². The lowest BCUT2D eigenvalue weighted by atomic mass is 9.98. The third kappa shape index (κ3) is 2.67. The lowest BCUT2D eigenvalue weighted by Gasteiger charge is -2.37. The van der Waals surface area contributed by atoms with Gasteiger partial charge in [-0.2, -0.15) is 4.98 Å². The molecule has 0 radical (unpaired) electrons. The van der Waals surface area contributed by atoms with Crippen molar-refractivity contribution in [2.24, 2.45) is 0 Å². The van der Waals surface area contributed by atoms with Crippen LogP contribution < -0.4 is 0 Å². The summed E-state index contributed by atoms with van der Waals surface area (Å²) in [5.41, 5.74) is 2.67. The lowest BCUT2D eigenvalue weighted by molar-refractivity contribution is 0.0569. The molecule has 1 amide bonds. The van der Waals surface area contributed by atoms with E-state index in [-0.39, 0.29) is 11.8 Å². The molecule has 1 aliphatic rings. The first kappa shape index (κ1) is 14.6. The molecule has 1 aliphatic heterocycles. The van der Waals surface area contributed by atoms with Crippen molar-refractivity contribution in [1.29, 1.82) is 0 Å². The highest BCUT2D eigenvalue weighted by Crippen LogP contribution is 2.28. The zero-order valence-electron chi connectivity index (χ0n) is 13.2. The van der Waals surface area contributed by atoms with Gasteiger partial charge < -0.3 is 9.42 Å². The Balaban J connectivity index is 1.42. The molecule has 120 valence electrons. The second-order valence-corrected chi connectivity index (χ2v) is 5.97. The van der Waals surface area contributed by atoms with Crippen LogP contribution in [0.1, 0.15) is 27.7 Å². The van der Waals surface area contributed by atoms with Crippen LogP contribution in [0.5, 0.6) is 0 Å². The van der Waals surface area contributed by atoms with Crippen LogP contribution in [0, 0.1) is 6.92 Å². The second-order valence-electron chi connectivity index (χ2n) is 5.97. The zero-order valence-corrected chi connectivity index (χ0v) is 13.2. The summed E-state index contributed by atoms with van der Waals surface area (Å²) in [7, 11) is 0. The van der Waals surface area contributed by atoms with E-state index in [1.807, 2.05) is 43.3 Å². The number of rotatable bonds is 3. The van der Waals surface area contributed by atoms with Gasteiger partial charge in [0, 0.05) is 36.6 Å². The SMILES string of the molecule is Cc1ccc(C(=O)N2CC(c3nc(-c4cccnc4)no3)C2)cc1. The quantitative estimate of drug-likeness (QED) is 0.742. The maximum atomic E-state index is 12.4. The molecule has 6 heteroatoms. The van der Waals surface area contributed by atoms with E-state index in [1.165, 1.54) is 0 Å². The fraction of sp³-hybridized carbons (Fsp3) is 0.222. The standard InChI is InChI=1S/C18H16N4O2/c1-12-4-6-13(7-5-12)18(23)22-10-15(11-22)17-20-16(21-24-17)14-3-2-8-19-9-14/h2-9,15H,10-11H2,1H3. The summed E-state index contributed by atoms with van der Waals surface area (Å²) in [6.07, 6.45) is 3.40. The molecular formula is C18H16N4O2. The van der Waals surface area contributed by atoms with Crippen molar-refractivity contribution in [1.82, 2.24) is 20.0 Å². The summed E-state index contributed by atoms with van der Waals surface area (Å²) in [4.78, 5) is 22.7. The topological polar surface area (TPSA) is 72.1 Å². The largest absolute Gasteiger partial charge is 0.339 e. The minimum Gasteiger partial charge on any atom is -0.339 e. The molecule has 0 bridgehead atoms. The van der Waals surface area contributed by atoms with E-state index in [1.54, 1.807) is 17.3 Å².